The van der Waals surface area contributed by atoms with Crippen molar-refractivity contribution in [3.05, 3.63) is 52.3 Å². The van der Waals surface area contributed by atoms with Gasteiger partial charge in [0.1, 0.15) is 5.60 Å². The summed E-state index contributed by atoms with van der Waals surface area (Å²) in [5.41, 5.74) is 1.68. The molecule has 0 aliphatic carbocycles. The minimum atomic E-state index is -0.671. The number of ketones is 1. The zero-order chi connectivity index (χ0) is 23.2. The molecule has 168 valence electrons. The van der Waals surface area contributed by atoms with Crippen LogP contribution >= 0.6 is 11.6 Å². The van der Waals surface area contributed by atoms with Crippen LogP contribution in [0.4, 0.5) is 4.79 Å². The number of carbonyl (C=O) groups is 2. The highest BCUT2D eigenvalue weighted by Gasteiger charge is 2.27. The van der Waals surface area contributed by atoms with E-state index in [0.717, 1.165) is 11.1 Å². The van der Waals surface area contributed by atoms with Gasteiger partial charge in [-0.3, -0.25) is 9.59 Å². The summed E-state index contributed by atoms with van der Waals surface area (Å²) in [6.07, 6.45) is -0.594. The van der Waals surface area contributed by atoms with Gasteiger partial charge in [-0.25, -0.2) is 9.48 Å². The Morgan fingerprint density at radius 3 is 2.35 bits per heavy atom. The number of hydrogen-bond donors (Lipinski definition) is 2. The molecular weight excluding hydrogens is 420 g/mol. The predicted molar refractivity (Wildman–Crippen MR) is 120 cm³/mol. The van der Waals surface area contributed by atoms with Gasteiger partial charge in [-0.1, -0.05) is 24.3 Å². The molecule has 2 rings (SSSR count). The van der Waals surface area contributed by atoms with Crippen molar-refractivity contribution in [3.63, 3.8) is 0 Å². The Bertz CT molecular complexity index is 967. The van der Waals surface area contributed by atoms with Gasteiger partial charge in [0.15, 0.2) is 5.78 Å². The first-order valence-electron chi connectivity index (χ1n) is 9.95. The second-order valence-electron chi connectivity index (χ2n) is 8.27. The van der Waals surface area contributed by atoms with Crippen molar-refractivity contribution >= 4 is 23.5 Å². The third-order valence-corrected chi connectivity index (χ3v) is 4.72. The van der Waals surface area contributed by atoms with Crippen molar-refractivity contribution in [1.29, 1.82) is 0 Å². The number of rotatable bonds is 8. The number of alkyl halides is 1. The smallest absolute Gasteiger partial charge is 0.407 e. The Morgan fingerprint density at radius 2 is 1.81 bits per heavy atom. The van der Waals surface area contributed by atoms with Gasteiger partial charge in [0.05, 0.1) is 23.7 Å². The SMILES string of the molecule is CC(NC(=O)OC(C)(C)C)C(NCc1ccc(-c2ccc(=O)n(C)n2)cc1)C(=O)CCl. The zero-order valence-corrected chi connectivity index (χ0v) is 19.2. The molecule has 1 aromatic heterocycles. The Hall–Kier alpha value is -2.71. The molecule has 9 heteroatoms. The number of halogens is 1. The lowest BCUT2D eigenvalue weighted by Gasteiger charge is -2.26. The number of hydrogen-bond acceptors (Lipinski definition) is 6. The van der Waals surface area contributed by atoms with Crippen LogP contribution in [0, 0.1) is 0 Å². The van der Waals surface area contributed by atoms with E-state index in [1.807, 2.05) is 24.3 Å². The van der Waals surface area contributed by atoms with E-state index in [-0.39, 0.29) is 17.2 Å². The van der Waals surface area contributed by atoms with E-state index in [1.54, 1.807) is 40.8 Å². The maximum absolute atomic E-state index is 12.3. The molecular formula is C22H29ClN4O4. The quantitative estimate of drug-likeness (QED) is 0.602. The van der Waals surface area contributed by atoms with E-state index in [1.165, 1.54) is 10.7 Å². The normalized spacial score (nSPS) is 13.4. The van der Waals surface area contributed by atoms with Crippen LogP contribution in [0.3, 0.4) is 0 Å². The van der Waals surface area contributed by atoms with Crippen molar-refractivity contribution in [3.8, 4) is 11.3 Å². The fourth-order valence-electron chi connectivity index (χ4n) is 2.91. The standard InChI is InChI=1S/C22H29ClN4O4/c1-14(25-21(30)31-22(2,3)4)20(18(28)12-23)24-13-15-6-8-16(9-7-15)17-10-11-19(29)27(5)26-17/h6-11,14,20,24H,12-13H2,1-5H3,(H,25,30). The first-order valence-corrected chi connectivity index (χ1v) is 10.5. The minimum absolute atomic E-state index is 0.171. The molecule has 0 aliphatic rings. The number of ether oxygens (including phenoxy) is 1. The molecule has 0 saturated heterocycles. The minimum Gasteiger partial charge on any atom is -0.444 e. The summed E-state index contributed by atoms with van der Waals surface area (Å²) in [6.45, 7) is 7.43. The molecule has 2 N–H and O–H groups in total. The van der Waals surface area contributed by atoms with Crippen LogP contribution in [-0.4, -0.2) is 45.2 Å². The Labute approximate surface area is 186 Å². The van der Waals surface area contributed by atoms with Gasteiger partial charge in [-0.15, -0.1) is 11.6 Å². The zero-order valence-electron chi connectivity index (χ0n) is 18.4. The van der Waals surface area contributed by atoms with Crippen molar-refractivity contribution in [2.75, 3.05) is 5.88 Å². The number of nitrogens with one attached hydrogen (secondary N) is 2. The predicted octanol–water partition coefficient (Wildman–Crippen LogP) is 2.63. The van der Waals surface area contributed by atoms with Crippen LogP contribution in [0.2, 0.25) is 0 Å². The Kier molecular flexibility index (Phi) is 8.36. The van der Waals surface area contributed by atoms with E-state index >= 15 is 0 Å². The fourth-order valence-corrected chi connectivity index (χ4v) is 3.07. The van der Waals surface area contributed by atoms with E-state index in [4.69, 9.17) is 16.3 Å². The first kappa shape index (κ1) is 24.6. The number of carbonyl (C=O) groups excluding carboxylic acids is 2. The molecule has 31 heavy (non-hydrogen) atoms. The lowest BCUT2D eigenvalue weighted by molar-refractivity contribution is -0.119. The fraction of sp³-hybridized carbons (Fsp3) is 0.455. The van der Waals surface area contributed by atoms with E-state index in [2.05, 4.69) is 15.7 Å². The maximum atomic E-state index is 12.3. The molecule has 1 amide bonds. The molecule has 0 fully saturated rings. The molecule has 0 aliphatic heterocycles. The van der Waals surface area contributed by atoms with Crippen molar-refractivity contribution in [2.45, 2.75) is 51.9 Å². The molecule has 2 aromatic rings. The highest BCUT2D eigenvalue weighted by atomic mass is 35.5. The molecule has 8 nitrogen and oxygen atoms in total. The van der Waals surface area contributed by atoms with Crippen LogP contribution in [0.5, 0.6) is 0 Å². The average molecular weight is 449 g/mol. The summed E-state index contributed by atoms with van der Waals surface area (Å²) in [5.74, 6) is -0.397. The number of nitrogens with zero attached hydrogens (tertiary/aromatic N) is 2. The van der Waals surface area contributed by atoms with Gasteiger partial charge in [-0.05, 0) is 39.3 Å². The topological polar surface area (TPSA) is 102 Å². The first-order chi connectivity index (χ1) is 14.5. The average Bonchev–Trinajstić information content (AvgIpc) is 2.69. The van der Waals surface area contributed by atoms with E-state index in [0.29, 0.717) is 12.2 Å². The van der Waals surface area contributed by atoms with Gasteiger partial charge < -0.3 is 15.4 Å². The van der Waals surface area contributed by atoms with Crippen molar-refractivity contribution in [2.24, 2.45) is 7.05 Å². The third-order valence-electron chi connectivity index (χ3n) is 4.46. The monoisotopic (exact) mass is 448 g/mol. The number of aromatic nitrogens is 2. The molecule has 2 atom stereocenters. The maximum Gasteiger partial charge on any atom is 0.407 e. The second-order valence-corrected chi connectivity index (χ2v) is 8.54. The van der Waals surface area contributed by atoms with E-state index < -0.39 is 23.8 Å². The summed E-state index contributed by atoms with van der Waals surface area (Å²) < 4.78 is 6.54. The lowest BCUT2D eigenvalue weighted by Crippen LogP contribution is -2.53. The van der Waals surface area contributed by atoms with Gasteiger partial charge in [0, 0.05) is 25.2 Å². The summed E-state index contributed by atoms with van der Waals surface area (Å²) in [7, 11) is 1.60. The number of alkyl carbamates (subject to hydrolysis) is 1. The molecule has 1 aromatic carbocycles. The van der Waals surface area contributed by atoms with Gasteiger partial charge in [0.25, 0.3) is 5.56 Å². The summed E-state index contributed by atoms with van der Waals surface area (Å²) in [6, 6.07) is 9.56. The largest absolute Gasteiger partial charge is 0.444 e. The molecule has 2 unspecified atom stereocenters. The Balaban J connectivity index is 2.04. The molecule has 0 saturated carbocycles. The van der Waals surface area contributed by atoms with Crippen LogP contribution in [0.25, 0.3) is 11.3 Å². The van der Waals surface area contributed by atoms with Crippen LogP contribution in [0.15, 0.2) is 41.2 Å². The number of Topliss-reactive ketones (excluding diaryl/α,β-unsaturated/α-hetero) is 1. The van der Waals surface area contributed by atoms with Crippen LogP contribution < -0.4 is 16.2 Å². The highest BCUT2D eigenvalue weighted by Crippen LogP contribution is 2.16. The second kappa shape index (κ2) is 10.5. The Morgan fingerprint density at radius 1 is 1.16 bits per heavy atom. The molecule has 1 heterocycles. The summed E-state index contributed by atoms with van der Waals surface area (Å²) >= 11 is 5.76. The molecule has 0 radical (unpaired) electrons. The number of amides is 1. The third kappa shape index (κ3) is 7.48. The summed E-state index contributed by atoms with van der Waals surface area (Å²) in [4.78, 5) is 35.9. The molecule has 0 spiro atoms. The lowest BCUT2D eigenvalue weighted by atomic mass is 10.0. The number of aryl methyl sites for hydroxylation is 1. The highest BCUT2D eigenvalue weighted by molar-refractivity contribution is 6.28. The van der Waals surface area contributed by atoms with Crippen molar-refractivity contribution in [1.82, 2.24) is 20.4 Å². The van der Waals surface area contributed by atoms with Gasteiger partial charge in [-0.2, -0.15) is 5.10 Å². The van der Waals surface area contributed by atoms with Crippen LogP contribution in [-0.2, 0) is 23.1 Å². The van der Waals surface area contributed by atoms with Gasteiger partial charge >= 0.3 is 6.09 Å². The summed E-state index contributed by atoms with van der Waals surface area (Å²) in [5, 5.41) is 10.1. The van der Waals surface area contributed by atoms with Crippen molar-refractivity contribution < 1.29 is 14.3 Å². The van der Waals surface area contributed by atoms with Gasteiger partial charge in [0.2, 0.25) is 0 Å². The number of benzene rings is 1. The van der Waals surface area contributed by atoms with Crippen LogP contribution in [0.1, 0.15) is 33.3 Å². The molecule has 0 bridgehead atoms. The van der Waals surface area contributed by atoms with E-state index in [9.17, 15) is 14.4 Å².